The Morgan fingerprint density at radius 1 is 1.03 bits per heavy atom. The molecule has 29 heavy (non-hydrogen) atoms. The lowest BCUT2D eigenvalue weighted by Gasteiger charge is -2.24. The van der Waals surface area contributed by atoms with Gasteiger partial charge in [0, 0.05) is 18.3 Å². The Bertz CT molecular complexity index is 1130. The van der Waals surface area contributed by atoms with Crippen LogP contribution >= 0.6 is 0 Å². The van der Waals surface area contributed by atoms with E-state index in [9.17, 15) is 4.79 Å². The number of aromatic amines is 1. The van der Waals surface area contributed by atoms with Crippen molar-refractivity contribution in [1.82, 2.24) is 19.7 Å². The summed E-state index contributed by atoms with van der Waals surface area (Å²) in [6, 6.07) is 19.9. The molecule has 1 unspecified atom stereocenters. The van der Waals surface area contributed by atoms with E-state index in [1.807, 2.05) is 60.7 Å². The topological polar surface area (TPSA) is 87.6 Å². The number of benzene rings is 2. The first-order valence-corrected chi connectivity index (χ1v) is 9.71. The van der Waals surface area contributed by atoms with Gasteiger partial charge >= 0.3 is 0 Å². The van der Waals surface area contributed by atoms with Gasteiger partial charge in [-0.15, -0.1) is 0 Å². The molecule has 0 aliphatic rings. The molecule has 0 bridgehead atoms. The summed E-state index contributed by atoms with van der Waals surface area (Å²) in [5.74, 6) is 0.814. The van der Waals surface area contributed by atoms with Gasteiger partial charge in [-0.3, -0.25) is 9.78 Å². The number of para-hydroxylation sites is 2. The van der Waals surface area contributed by atoms with Gasteiger partial charge in [-0.1, -0.05) is 50.2 Å². The van der Waals surface area contributed by atoms with Crippen molar-refractivity contribution in [3.05, 3.63) is 77.2 Å². The molecule has 0 radical (unpaired) electrons. The fourth-order valence-corrected chi connectivity index (χ4v) is 3.17. The molecule has 0 saturated heterocycles. The molecule has 7 nitrogen and oxygen atoms in total. The quantitative estimate of drug-likeness (QED) is 0.450. The van der Waals surface area contributed by atoms with E-state index in [0.717, 1.165) is 11.4 Å². The van der Waals surface area contributed by atoms with Crippen LogP contribution in [0.2, 0.25) is 0 Å². The third kappa shape index (κ3) is 4.13. The average Bonchev–Trinajstić information content (AvgIpc) is 3.17. The van der Waals surface area contributed by atoms with Gasteiger partial charge < -0.3 is 10.6 Å². The minimum Gasteiger partial charge on any atom is -0.380 e. The fraction of sp³-hybridized carbons (Fsp3) is 0.227. The summed E-state index contributed by atoms with van der Waals surface area (Å²) >= 11 is 0. The first kappa shape index (κ1) is 18.7. The predicted molar refractivity (Wildman–Crippen MR) is 117 cm³/mol. The van der Waals surface area contributed by atoms with Crippen molar-refractivity contribution < 1.29 is 0 Å². The fourth-order valence-electron chi connectivity index (χ4n) is 3.17. The number of aromatic nitrogens is 4. The number of fused-ring (bicyclic) bond motifs is 1. The van der Waals surface area contributed by atoms with E-state index in [-0.39, 0.29) is 11.6 Å². The largest absolute Gasteiger partial charge is 0.380 e. The molecule has 0 saturated carbocycles. The second-order valence-electron chi connectivity index (χ2n) is 7.29. The molecule has 1 atom stereocenters. The highest BCUT2D eigenvalue weighted by Crippen LogP contribution is 2.16. The van der Waals surface area contributed by atoms with Gasteiger partial charge in [0.2, 0.25) is 5.95 Å². The van der Waals surface area contributed by atoms with Crippen LogP contribution in [0.15, 0.2) is 71.7 Å². The Morgan fingerprint density at radius 3 is 2.41 bits per heavy atom. The lowest BCUT2D eigenvalue weighted by atomic mass is 10.0. The molecule has 3 N–H and O–H groups in total. The highest BCUT2D eigenvalue weighted by molar-refractivity contribution is 5.76. The summed E-state index contributed by atoms with van der Waals surface area (Å²) in [5, 5.41) is 11.6. The minimum atomic E-state index is -0.211. The molecule has 0 amide bonds. The summed E-state index contributed by atoms with van der Waals surface area (Å²) in [6.07, 6.45) is 1.55. The number of hydrogen-bond donors (Lipinski definition) is 3. The van der Waals surface area contributed by atoms with Crippen LogP contribution in [0.5, 0.6) is 0 Å². The summed E-state index contributed by atoms with van der Waals surface area (Å²) in [7, 11) is 0. The highest BCUT2D eigenvalue weighted by Gasteiger charge is 2.15. The number of nitrogens with zero attached hydrogens (tertiary/aromatic N) is 3. The standard InChI is InChI=1S/C22H24N6O/c1-15(2)19(25-16-9-5-3-6-10-16)14-23-22-26-20-18(21(29)27-22)13-24-28(20)17-11-7-4-8-12-17/h3-13,15,19,25H,14H2,1-2H3,(H2,23,26,27,29). The maximum atomic E-state index is 12.5. The van der Waals surface area contributed by atoms with E-state index in [0.29, 0.717) is 29.4 Å². The van der Waals surface area contributed by atoms with Crippen molar-refractivity contribution in [1.29, 1.82) is 0 Å². The van der Waals surface area contributed by atoms with E-state index in [1.54, 1.807) is 10.9 Å². The molecule has 4 rings (SSSR count). The van der Waals surface area contributed by atoms with Crippen LogP contribution in [0, 0.1) is 5.92 Å². The van der Waals surface area contributed by atoms with Gasteiger partial charge in [-0.05, 0) is 30.2 Å². The van der Waals surface area contributed by atoms with Crippen molar-refractivity contribution in [2.24, 2.45) is 5.92 Å². The summed E-state index contributed by atoms with van der Waals surface area (Å²) in [5.41, 5.74) is 2.24. The highest BCUT2D eigenvalue weighted by atomic mass is 16.1. The first-order chi connectivity index (χ1) is 14.1. The van der Waals surface area contributed by atoms with Gasteiger partial charge in [0.15, 0.2) is 5.65 Å². The Morgan fingerprint density at radius 2 is 1.72 bits per heavy atom. The second kappa shape index (κ2) is 8.18. The van der Waals surface area contributed by atoms with Crippen molar-refractivity contribution >= 4 is 22.7 Å². The smallest absolute Gasteiger partial charge is 0.263 e. The lowest BCUT2D eigenvalue weighted by molar-refractivity contribution is 0.541. The molecule has 4 aromatic rings. The summed E-state index contributed by atoms with van der Waals surface area (Å²) in [6.45, 7) is 4.93. The van der Waals surface area contributed by atoms with Gasteiger partial charge in [-0.2, -0.15) is 10.1 Å². The zero-order valence-electron chi connectivity index (χ0n) is 16.5. The SMILES string of the molecule is CC(C)C(CNc1nc2c(cnn2-c2ccccc2)c(=O)[nH]1)Nc1ccccc1. The van der Waals surface area contributed by atoms with Crippen molar-refractivity contribution in [2.45, 2.75) is 19.9 Å². The predicted octanol–water partition coefficient (Wildman–Crippen LogP) is 3.66. The average molecular weight is 388 g/mol. The third-order valence-electron chi connectivity index (χ3n) is 4.86. The van der Waals surface area contributed by atoms with Gasteiger partial charge in [-0.25, -0.2) is 4.68 Å². The molecular weight excluding hydrogens is 364 g/mol. The number of H-pyrrole nitrogens is 1. The molecule has 0 aliphatic heterocycles. The summed E-state index contributed by atoms with van der Waals surface area (Å²) in [4.78, 5) is 19.9. The van der Waals surface area contributed by atoms with E-state index >= 15 is 0 Å². The van der Waals surface area contributed by atoms with Crippen LogP contribution in [0.3, 0.4) is 0 Å². The number of nitrogens with one attached hydrogen (secondary N) is 3. The normalized spacial score (nSPS) is 12.2. The van der Waals surface area contributed by atoms with Gasteiger partial charge in [0.05, 0.1) is 11.9 Å². The summed E-state index contributed by atoms with van der Waals surface area (Å²) < 4.78 is 1.68. The van der Waals surface area contributed by atoms with Crippen molar-refractivity contribution in [3.63, 3.8) is 0 Å². The second-order valence-corrected chi connectivity index (χ2v) is 7.29. The van der Waals surface area contributed by atoms with Crippen LogP contribution in [0.1, 0.15) is 13.8 Å². The third-order valence-corrected chi connectivity index (χ3v) is 4.86. The van der Waals surface area contributed by atoms with Crippen LogP contribution in [0.25, 0.3) is 16.7 Å². The number of hydrogen-bond acceptors (Lipinski definition) is 5. The van der Waals surface area contributed by atoms with Gasteiger partial charge in [0.25, 0.3) is 5.56 Å². The zero-order chi connectivity index (χ0) is 20.2. The number of anilines is 2. The lowest BCUT2D eigenvalue weighted by Crippen LogP contribution is -2.34. The molecule has 7 heteroatoms. The molecule has 0 spiro atoms. The molecule has 2 heterocycles. The molecule has 2 aromatic heterocycles. The van der Waals surface area contributed by atoms with Crippen LogP contribution in [-0.2, 0) is 0 Å². The Hall–Kier alpha value is -3.61. The molecule has 148 valence electrons. The van der Waals surface area contributed by atoms with E-state index in [1.165, 1.54) is 0 Å². The minimum absolute atomic E-state index is 0.164. The van der Waals surface area contributed by atoms with E-state index < -0.39 is 0 Å². The Labute approximate surface area is 168 Å². The molecule has 0 fully saturated rings. The Balaban J connectivity index is 1.58. The maximum absolute atomic E-state index is 12.5. The van der Waals surface area contributed by atoms with Crippen LogP contribution in [0.4, 0.5) is 11.6 Å². The van der Waals surface area contributed by atoms with Crippen molar-refractivity contribution in [2.75, 3.05) is 17.2 Å². The van der Waals surface area contributed by atoms with Crippen LogP contribution in [-0.4, -0.2) is 32.3 Å². The number of rotatable bonds is 7. The molecular formula is C22H24N6O. The van der Waals surface area contributed by atoms with Crippen molar-refractivity contribution in [3.8, 4) is 5.69 Å². The first-order valence-electron chi connectivity index (χ1n) is 9.71. The molecule has 2 aromatic carbocycles. The molecule has 0 aliphatic carbocycles. The maximum Gasteiger partial charge on any atom is 0.263 e. The zero-order valence-corrected chi connectivity index (χ0v) is 16.5. The van der Waals surface area contributed by atoms with Crippen LogP contribution < -0.4 is 16.2 Å². The van der Waals surface area contributed by atoms with E-state index in [2.05, 4.69) is 39.5 Å². The van der Waals surface area contributed by atoms with Gasteiger partial charge in [0.1, 0.15) is 5.39 Å². The monoisotopic (exact) mass is 388 g/mol. The Kier molecular flexibility index (Phi) is 5.29. The van der Waals surface area contributed by atoms with E-state index in [4.69, 9.17) is 0 Å².